The van der Waals surface area contributed by atoms with Crippen molar-refractivity contribution in [3.63, 3.8) is 0 Å². The van der Waals surface area contributed by atoms with Crippen molar-refractivity contribution in [3.8, 4) is 40.0 Å². The molecule has 5 aromatic rings. The van der Waals surface area contributed by atoms with Crippen LogP contribution in [0.3, 0.4) is 0 Å². The summed E-state index contributed by atoms with van der Waals surface area (Å²) in [6.45, 7) is 3.24. The van der Waals surface area contributed by atoms with Crippen molar-refractivity contribution in [2.24, 2.45) is 0 Å². The van der Waals surface area contributed by atoms with Gasteiger partial charge in [0.15, 0.2) is 23.1 Å². The Morgan fingerprint density at radius 2 is 1.71 bits per heavy atom. The first-order valence-corrected chi connectivity index (χ1v) is 12.3. The van der Waals surface area contributed by atoms with Gasteiger partial charge in [0.05, 0.1) is 25.4 Å². The Kier molecular flexibility index (Phi) is 7.34. The van der Waals surface area contributed by atoms with Gasteiger partial charge in [-0.2, -0.15) is 0 Å². The Bertz CT molecular complexity index is 1810. The average Bonchev–Trinajstić information content (AvgIpc) is 2.94. The number of nitrogens with one attached hydrogen (secondary N) is 1. The molecular formula is C30H24F2N4O5. The minimum atomic E-state index is -0.761. The van der Waals surface area contributed by atoms with E-state index in [0.29, 0.717) is 27.9 Å². The summed E-state index contributed by atoms with van der Waals surface area (Å²) in [7, 11) is 2.92. The van der Waals surface area contributed by atoms with Crippen molar-refractivity contribution in [1.29, 1.82) is 0 Å². The molecule has 0 aliphatic heterocycles. The van der Waals surface area contributed by atoms with E-state index in [1.807, 2.05) is 0 Å². The smallest absolute Gasteiger partial charge is 0.261 e. The topological polar surface area (TPSA) is 116 Å². The maximum absolute atomic E-state index is 15.1. The van der Waals surface area contributed by atoms with Gasteiger partial charge in [-0.3, -0.25) is 14.8 Å². The van der Waals surface area contributed by atoms with Gasteiger partial charge >= 0.3 is 0 Å². The maximum Gasteiger partial charge on any atom is 0.261 e. The molecule has 0 fully saturated rings. The lowest BCUT2D eigenvalue weighted by Crippen LogP contribution is -2.15. The number of nitrogens with zero attached hydrogens (tertiary/aromatic N) is 3. The van der Waals surface area contributed by atoms with Crippen LogP contribution in [0.4, 0.5) is 14.5 Å². The van der Waals surface area contributed by atoms with E-state index in [1.54, 1.807) is 19.9 Å². The number of aryl methyl sites for hydroxylation is 2. The minimum Gasteiger partial charge on any atom is -0.506 e. The summed E-state index contributed by atoms with van der Waals surface area (Å²) in [6.07, 6.45) is 2.90. The molecule has 0 aliphatic rings. The van der Waals surface area contributed by atoms with Gasteiger partial charge in [0.2, 0.25) is 0 Å². The highest BCUT2D eigenvalue weighted by Gasteiger charge is 2.22. The van der Waals surface area contributed by atoms with Crippen LogP contribution in [0.25, 0.3) is 22.2 Å². The fourth-order valence-electron chi connectivity index (χ4n) is 4.35. The molecule has 5 rings (SSSR count). The number of carbonyl (C=O) groups excluding carboxylic acids is 1. The van der Waals surface area contributed by atoms with Crippen LogP contribution < -0.4 is 19.5 Å². The Morgan fingerprint density at radius 3 is 2.41 bits per heavy atom. The van der Waals surface area contributed by atoms with Gasteiger partial charge in [0.25, 0.3) is 11.8 Å². The van der Waals surface area contributed by atoms with Crippen LogP contribution in [-0.4, -0.2) is 40.2 Å². The van der Waals surface area contributed by atoms with Crippen molar-refractivity contribution >= 4 is 22.6 Å². The van der Waals surface area contributed by atoms with Crippen molar-refractivity contribution < 1.29 is 32.9 Å². The molecule has 1 amide bonds. The number of ether oxygens (including phenoxy) is 3. The summed E-state index contributed by atoms with van der Waals surface area (Å²) in [6, 6.07) is 11.1. The Labute approximate surface area is 233 Å². The number of rotatable bonds is 7. The van der Waals surface area contributed by atoms with Crippen molar-refractivity contribution in [1.82, 2.24) is 15.0 Å². The number of aromatic nitrogens is 3. The summed E-state index contributed by atoms with van der Waals surface area (Å²) >= 11 is 0. The third kappa shape index (κ3) is 5.29. The predicted octanol–water partition coefficient (Wildman–Crippen LogP) is 6.35. The second kappa shape index (κ2) is 11.0. The Morgan fingerprint density at radius 1 is 0.902 bits per heavy atom. The number of amides is 1. The van der Waals surface area contributed by atoms with E-state index in [-0.39, 0.29) is 45.6 Å². The average molecular weight is 559 g/mol. The van der Waals surface area contributed by atoms with E-state index in [4.69, 9.17) is 14.2 Å². The zero-order valence-corrected chi connectivity index (χ0v) is 22.5. The standard InChI is InChI=1S/C30H24F2N4O5/c1-15-11-17(31)5-7-19(15)20-14-34-16(2)26(28(20)37)29(38)35-18-6-8-23(21(32)12-18)41-24-9-10-33-22-13-25(39-3)30(40-4)36-27(22)24/h5-14H,1-4H3,(H,34,37)(H,35,38). The van der Waals surface area contributed by atoms with Gasteiger partial charge in [-0.05, 0) is 49.2 Å². The van der Waals surface area contributed by atoms with E-state index >= 15 is 4.39 Å². The molecule has 0 saturated heterocycles. The molecule has 41 heavy (non-hydrogen) atoms. The number of aromatic hydroxyl groups is 1. The van der Waals surface area contributed by atoms with Gasteiger partial charge < -0.3 is 24.6 Å². The van der Waals surface area contributed by atoms with E-state index in [0.717, 1.165) is 6.07 Å². The molecule has 0 radical (unpaired) electrons. The maximum atomic E-state index is 15.1. The van der Waals surface area contributed by atoms with Crippen LogP contribution in [-0.2, 0) is 0 Å². The zero-order valence-electron chi connectivity index (χ0n) is 22.5. The third-order valence-electron chi connectivity index (χ3n) is 6.38. The van der Waals surface area contributed by atoms with E-state index in [2.05, 4.69) is 20.3 Å². The highest BCUT2D eigenvalue weighted by molar-refractivity contribution is 6.08. The first-order chi connectivity index (χ1) is 19.7. The molecule has 0 aliphatic carbocycles. The second-order valence-corrected chi connectivity index (χ2v) is 9.02. The molecule has 2 N–H and O–H groups in total. The zero-order chi connectivity index (χ0) is 29.3. The first kappa shape index (κ1) is 27.3. The molecule has 0 saturated carbocycles. The van der Waals surface area contributed by atoms with E-state index in [9.17, 15) is 14.3 Å². The molecule has 3 heterocycles. The minimum absolute atomic E-state index is 0.0920. The monoisotopic (exact) mass is 558 g/mol. The summed E-state index contributed by atoms with van der Waals surface area (Å²) < 4.78 is 45.0. The normalized spacial score (nSPS) is 10.9. The molecule has 0 unspecified atom stereocenters. The quantitative estimate of drug-likeness (QED) is 0.237. The van der Waals surface area contributed by atoms with Crippen molar-refractivity contribution in [2.75, 3.05) is 19.5 Å². The first-order valence-electron chi connectivity index (χ1n) is 12.3. The lowest BCUT2D eigenvalue weighted by molar-refractivity contribution is 0.102. The molecule has 0 bridgehead atoms. The number of carbonyl (C=O) groups is 1. The molecule has 208 valence electrons. The number of benzene rings is 2. The summed E-state index contributed by atoms with van der Waals surface area (Å²) in [5.41, 5.74) is 2.41. The SMILES string of the molecule is COc1cc2nccc(Oc3ccc(NC(=O)c4c(C)ncc(-c5ccc(F)cc5C)c4O)cc3F)c2nc1OC. The van der Waals surface area contributed by atoms with Gasteiger partial charge in [-0.15, -0.1) is 0 Å². The van der Waals surface area contributed by atoms with Crippen LogP contribution >= 0.6 is 0 Å². The van der Waals surface area contributed by atoms with Gasteiger partial charge in [0, 0.05) is 41.8 Å². The highest BCUT2D eigenvalue weighted by Crippen LogP contribution is 2.37. The predicted molar refractivity (Wildman–Crippen MR) is 148 cm³/mol. The number of anilines is 1. The van der Waals surface area contributed by atoms with Crippen LogP contribution in [0.5, 0.6) is 28.9 Å². The fraction of sp³-hybridized carbons (Fsp3) is 0.133. The molecule has 2 aromatic carbocycles. The third-order valence-corrected chi connectivity index (χ3v) is 6.38. The fourth-order valence-corrected chi connectivity index (χ4v) is 4.35. The summed E-state index contributed by atoms with van der Waals surface area (Å²) in [4.78, 5) is 26.0. The Hall–Kier alpha value is -5.32. The van der Waals surface area contributed by atoms with Crippen LogP contribution in [0.15, 0.2) is 60.9 Å². The van der Waals surface area contributed by atoms with Crippen LogP contribution in [0.1, 0.15) is 21.6 Å². The number of hydrogen-bond acceptors (Lipinski definition) is 8. The lowest BCUT2D eigenvalue weighted by Gasteiger charge is -2.15. The lowest BCUT2D eigenvalue weighted by atomic mass is 9.98. The molecule has 3 aromatic heterocycles. The number of halogens is 2. The van der Waals surface area contributed by atoms with E-state index in [1.165, 1.54) is 63.0 Å². The van der Waals surface area contributed by atoms with Gasteiger partial charge in [-0.1, -0.05) is 6.07 Å². The van der Waals surface area contributed by atoms with Gasteiger partial charge in [-0.25, -0.2) is 13.8 Å². The molecule has 11 heteroatoms. The second-order valence-electron chi connectivity index (χ2n) is 9.02. The largest absolute Gasteiger partial charge is 0.506 e. The number of pyridine rings is 3. The summed E-state index contributed by atoms with van der Waals surface area (Å²) in [5, 5.41) is 13.6. The molecule has 0 spiro atoms. The molecule has 9 nitrogen and oxygen atoms in total. The van der Waals surface area contributed by atoms with Gasteiger partial charge in [0.1, 0.15) is 22.6 Å². The number of methoxy groups -OCH3 is 2. The van der Waals surface area contributed by atoms with Crippen molar-refractivity contribution in [2.45, 2.75) is 13.8 Å². The number of fused-ring (bicyclic) bond motifs is 1. The van der Waals surface area contributed by atoms with Crippen molar-refractivity contribution in [3.05, 3.63) is 89.4 Å². The molecule has 0 atom stereocenters. The number of hydrogen-bond donors (Lipinski definition) is 2. The van der Waals surface area contributed by atoms with E-state index < -0.39 is 17.5 Å². The molecular weight excluding hydrogens is 534 g/mol. The highest BCUT2D eigenvalue weighted by atomic mass is 19.1. The van der Waals surface area contributed by atoms with Crippen LogP contribution in [0, 0.1) is 25.5 Å². The Balaban J connectivity index is 1.41. The van der Waals surface area contributed by atoms with Crippen LogP contribution in [0.2, 0.25) is 0 Å². The summed E-state index contributed by atoms with van der Waals surface area (Å²) in [5.74, 6) is -1.52.